The second-order valence-electron chi connectivity index (χ2n) is 7.42. The summed E-state index contributed by atoms with van der Waals surface area (Å²) < 4.78 is 33.5. The van der Waals surface area contributed by atoms with E-state index < -0.39 is 15.4 Å². The highest BCUT2D eigenvalue weighted by atomic mass is 32.2. The zero-order valence-corrected chi connectivity index (χ0v) is 16.7. The van der Waals surface area contributed by atoms with Gasteiger partial charge in [0, 0.05) is 18.5 Å². The Labute approximate surface area is 161 Å². The Hall–Kier alpha value is -1.89. The fourth-order valence-electron chi connectivity index (χ4n) is 3.85. The number of aliphatic hydroxyl groups excluding tert-OH is 1. The molecule has 5 nitrogen and oxygen atoms in total. The molecule has 1 N–H and O–H groups in total. The number of ether oxygens (including phenoxy) is 1. The van der Waals surface area contributed by atoms with Crippen LogP contribution >= 0.6 is 0 Å². The van der Waals surface area contributed by atoms with Gasteiger partial charge in [-0.05, 0) is 49.4 Å². The Morgan fingerprint density at radius 3 is 2.59 bits per heavy atom. The van der Waals surface area contributed by atoms with Gasteiger partial charge in [-0.15, -0.1) is 0 Å². The molecule has 0 radical (unpaired) electrons. The maximum absolute atomic E-state index is 13.3. The average molecular weight is 390 g/mol. The Kier molecular flexibility index (Phi) is 5.89. The lowest BCUT2D eigenvalue weighted by Crippen LogP contribution is -2.48. The van der Waals surface area contributed by atoms with E-state index in [1.165, 1.54) is 11.4 Å². The van der Waals surface area contributed by atoms with Crippen molar-refractivity contribution in [3.05, 3.63) is 59.7 Å². The summed E-state index contributed by atoms with van der Waals surface area (Å²) in [5, 5.41) is 10.2. The lowest BCUT2D eigenvalue weighted by atomic mass is 9.76. The summed E-state index contributed by atoms with van der Waals surface area (Å²) in [6, 6.07) is 15.1. The van der Waals surface area contributed by atoms with Gasteiger partial charge in [0.1, 0.15) is 10.6 Å². The van der Waals surface area contributed by atoms with Crippen LogP contribution in [0.3, 0.4) is 0 Å². The highest BCUT2D eigenvalue weighted by Gasteiger charge is 2.40. The molecule has 2 aromatic carbocycles. The fraction of sp³-hybridized carbons (Fsp3) is 0.429. The van der Waals surface area contributed by atoms with Crippen molar-refractivity contribution in [1.82, 2.24) is 4.31 Å². The quantitative estimate of drug-likeness (QED) is 0.825. The predicted octanol–water partition coefficient (Wildman–Crippen LogP) is 3.01. The Balaban J connectivity index is 1.91. The van der Waals surface area contributed by atoms with Crippen LogP contribution < -0.4 is 4.74 Å². The summed E-state index contributed by atoms with van der Waals surface area (Å²) in [7, 11) is -2.22. The summed E-state index contributed by atoms with van der Waals surface area (Å²) >= 11 is 0. The number of sulfonamides is 1. The molecule has 0 aromatic heterocycles. The van der Waals surface area contributed by atoms with E-state index in [1.54, 1.807) is 12.1 Å². The van der Waals surface area contributed by atoms with Crippen molar-refractivity contribution in [3.8, 4) is 5.75 Å². The molecule has 3 rings (SSSR count). The van der Waals surface area contributed by atoms with Gasteiger partial charge in [-0.2, -0.15) is 4.31 Å². The number of rotatable bonds is 6. The summed E-state index contributed by atoms with van der Waals surface area (Å²) in [5.74, 6) is 0.351. The summed E-state index contributed by atoms with van der Waals surface area (Å²) in [5.41, 5.74) is 1.51. The van der Waals surface area contributed by atoms with E-state index in [-0.39, 0.29) is 11.5 Å². The van der Waals surface area contributed by atoms with Crippen LogP contribution in [-0.4, -0.2) is 44.6 Å². The maximum Gasteiger partial charge on any atom is 0.246 e. The van der Waals surface area contributed by atoms with Crippen molar-refractivity contribution in [2.75, 3.05) is 26.8 Å². The number of aryl methyl sites for hydroxylation is 1. The molecule has 0 bridgehead atoms. The third-order valence-electron chi connectivity index (χ3n) is 5.32. The molecule has 0 aliphatic carbocycles. The molecule has 6 heteroatoms. The summed E-state index contributed by atoms with van der Waals surface area (Å²) in [6.07, 6.45) is 2.18. The maximum atomic E-state index is 13.3. The van der Waals surface area contributed by atoms with Gasteiger partial charge in [0.15, 0.2) is 0 Å². The molecule has 146 valence electrons. The van der Waals surface area contributed by atoms with Crippen LogP contribution in [0.25, 0.3) is 0 Å². The van der Waals surface area contributed by atoms with Gasteiger partial charge in [0.05, 0.1) is 13.7 Å². The largest absolute Gasteiger partial charge is 0.495 e. The van der Waals surface area contributed by atoms with Crippen LogP contribution in [-0.2, 0) is 16.4 Å². The molecule has 1 aliphatic rings. The molecule has 0 saturated carbocycles. The molecule has 27 heavy (non-hydrogen) atoms. The van der Waals surface area contributed by atoms with Crippen molar-refractivity contribution in [2.24, 2.45) is 5.41 Å². The monoisotopic (exact) mass is 389 g/mol. The normalized spacial score (nSPS) is 21.1. The van der Waals surface area contributed by atoms with E-state index >= 15 is 0 Å². The number of benzene rings is 2. The third-order valence-corrected chi connectivity index (χ3v) is 7.19. The zero-order valence-electron chi connectivity index (χ0n) is 15.9. The molecule has 1 aliphatic heterocycles. The van der Waals surface area contributed by atoms with Crippen molar-refractivity contribution in [1.29, 1.82) is 0 Å². The molecule has 0 spiro atoms. The van der Waals surface area contributed by atoms with Gasteiger partial charge in [-0.3, -0.25) is 0 Å². The predicted molar refractivity (Wildman–Crippen MR) is 105 cm³/mol. The van der Waals surface area contributed by atoms with Crippen LogP contribution in [0.1, 0.15) is 24.0 Å². The van der Waals surface area contributed by atoms with Gasteiger partial charge in [0.2, 0.25) is 10.0 Å². The van der Waals surface area contributed by atoms with E-state index in [1.807, 2.05) is 43.3 Å². The van der Waals surface area contributed by atoms with Crippen LogP contribution in [0.5, 0.6) is 5.75 Å². The first-order valence-electron chi connectivity index (χ1n) is 9.20. The Morgan fingerprint density at radius 1 is 1.19 bits per heavy atom. The van der Waals surface area contributed by atoms with Gasteiger partial charge >= 0.3 is 0 Å². The molecule has 0 unspecified atom stereocenters. The lowest BCUT2D eigenvalue weighted by Gasteiger charge is -2.41. The minimum Gasteiger partial charge on any atom is -0.495 e. The first-order chi connectivity index (χ1) is 12.9. The zero-order chi connectivity index (χ0) is 19.5. The first kappa shape index (κ1) is 19.9. The molecule has 1 heterocycles. The number of methoxy groups -OCH3 is 1. The molecular formula is C21H27NO4S. The van der Waals surface area contributed by atoms with Crippen LogP contribution in [0.15, 0.2) is 53.4 Å². The smallest absolute Gasteiger partial charge is 0.246 e. The van der Waals surface area contributed by atoms with Gasteiger partial charge < -0.3 is 9.84 Å². The van der Waals surface area contributed by atoms with Crippen LogP contribution in [0, 0.1) is 12.3 Å². The Morgan fingerprint density at radius 2 is 1.93 bits per heavy atom. The fourth-order valence-corrected chi connectivity index (χ4v) is 5.68. The van der Waals surface area contributed by atoms with Crippen molar-refractivity contribution < 1.29 is 18.3 Å². The Bertz CT molecular complexity index is 882. The lowest BCUT2D eigenvalue weighted by molar-refractivity contribution is 0.0644. The third kappa shape index (κ3) is 4.18. The molecule has 1 saturated heterocycles. The first-order valence-corrected chi connectivity index (χ1v) is 10.6. The van der Waals surface area contributed by atoms with Crippen molar-refractivity contribution >= 4 is 10.0 Å². The topological polar surface area (TPSA) is 66.8 Å². The number of aliphatic hydroxyl groups is 1. The van der Waals surface area contributed by atoms with Crippen LogP contribution in [0.2, 0.25) is 0 Å². The summed E-state index contributed by atoms with van der Waals surface area (Å²) in [4.78, 5) is 0.193. The molecule has 1 fully saturated rings. The number of nitrogens with zero attached hydrogens (tertiary/aromatic N) is 1. The van der Waals surface area contributed by atoms with Crippen molar-refractivity contribution in [2.45, 2.75) is 31.1 Å². The minimum absolute atomic E-state index is 0.0428. The molecule has 0 amide bonds. The second-order valence-corrected chi connectivity index (χ2v) is 9.32. The van der Waals surface area contributed by atoms with Crippen LogP contribution in [0.4, 0.5) is 0 Å². The average Bonchev–Trinajstić information content (AvgIpc) is 2.69. The number of hydrogen-bond donors (Lipinski definition) is 1. The second kappa shape index (κ2) is 8.00. The molecular weight excluding hydrogens is 362 g/mol. The van der Waals surface area contributed by atoms with E-state index in [2.05, 4.69) is 0 Å². The van der Waals surface area contributed by atoms with Gasteiger partial charge in [-0.1, -0.05) is 36.4 Å². The molecule has 1 atom stereocenters. The summed E-state index contributed by atoms with van der Waals surface area (Å²) in [6.45, 7) is 2.58. The molecule has 2 aromatic rings. The standard InChI is InChI=1S/C21H27NO4S/c1-17-9-10-19(26-2)20(13-17)27(24,25)22-12-6-11-21(15-22,16-23)14-18-7-4-3-5-8-18/h3-5,7-10,13,23H,6,11-12,14-16H2,1-2H3/t21-/m0/s1. The highest BCUT2D eigenvalue weighted by Crippen LogP contribution is 2.37. The van der Waals surface area contributed by atoms with E-state index in [4.69, 9.17) is 4.74 Å². The highest BCUT2D eigenvalue weighted by molar-refractivity contribution is 7.89. The van der Waals surface area contributed by atoms with E-state index in [0.29, 0.717) is 25.3 Å². The number of hydrogen-bond acceptors (Lipinski definition) is 4. The van der Waals surface area contributed by atoms with E-state index in [9.17, 15) is 13.5 Å². The van der Waals surface area contributed by atoms with E-state index in [0.717, 1.165) is 24.0 Å². The van der Waals surface area contributed by atoms with Gasteiger partial charge in [0.25, 0.3) is 0 Å². The minimum atomic E-state index is -3.70. The SMILES string of the molecule is COc1ccc(C)cc1S(=O)(=O)N1CCC[C@](CO)(Cc2ccccc2)C1. The van der Waals surface area contributed by atoms with Crippen molar-refractivity contribution in [3.63, 3.8) is 0 Å². The number of piperidine rings is 1. The van der Waals surface area contributed by atoms with Gasteiger partial charge in [-0.25, -0.2) is 8.42 Å².